The fourth-order valence-corrected chi connectivity index (χ4v) is 1.62. The number of unbranched alkanes of at least 4 members (excludes halogenated alkanes) is 5. The molecule has 3 radical (unpaired) electrons. The maximum absolute atomic E-state index is 2.27. The molecule has 0 amide bonds. The molecule has 0 bridgehead atoms. The third-order valence-electron chi connectivity index (χ3n) is 1.53. The van der Waals surface area contributed by atoms with Crippen molar-refractivity contribution in [1.29, 1.82) is 0 Å². The van der Waals surface area contributed by atoms with Crippen LogP contribution in [-0.4, -0.2) is 22.5 Å². The molecule has 0 saturated heterocycles. The van der Waals surface area contributed by atoms with Crippen molar-refractivity contribution in [3.8, 4) is 0 Å². The summed E-state index contributed by atoms with van der Waals surface area (Å²) < 4.78 is 1.46. The monoisotopic (exact) mass is 313 g/mol. The van der Waals surface area contributed by atoms with Gasteiger partial charge < -0.3 is 0 Å². The Kier molecular flexibility index (Phi) is 17.9. The molecule has 61 valence electrons. The predicted octanol–water partition coefficient (Wildman–Crippen LogP) is 3.51. The number of hydrogen-bond acceptors (Lipinski definition) is 0. The van der Waals surface area contributed by atoms with E-state index in [2.05, 4.69) is 6.92 Å². The van der Waals surface area contributed by atoms with Gasteiger partial charge in [0.05, 0.1) is 0 Å². The SMILES string of the molecule is Br.CCCCCCC[CH2][Sn]. The summed E-state index contributed by atoms with van der Waals surface area (Å²) in [6.07, 6.45) is 8.71. The molecule has 0 rings (SSSR count). The van der Waals surface area contributed by atoms with Gasteiger partial charge in [0.25, 0.3) is 0 Å². The van der Waals surface area contributed by atoms with Crippen LogP contribution in [0.25, 0.3) is 0 Å². The summed E-state index contributed by atoms with van der Waals surface area (Å²) in [5.41, 5.74) is 0. The van der Waals surface area contributed by atoms with Gasteiger partial charge in [-0.1, -0.05) is 0 Å². The van der Waals surface area contributed by atoms with Crippen molar-refractivity contribution >= 4 is 39.5 Å². The molecule has 0 atom stereocenters. The van der Waals surface area contributed by atoms with Gasteiger partial charge in [-0.3, -0.25) is 0 Å². The van der Waals surface area contributed by atoms with E-state index in [1.165, 1.54) is 43.0 Å². The summed E-state index contributed by atoms with van der Waals surface area (Å²) in [5, 5.41) is 0. The topological polar surface area (TPSA) is 0 Å². The Morgan fingerprint density at radius 2 is 1.40 bits per heavy atom. The zero-order chi connectivity index (χ0) is 6.95. The molecule has 0 nitrogen and oxygen atoms in total. The Morgan fingerprint density at radius 1 is 0.900 bits per heavy atom. The second kappa shape index (κ2) is 12.9. The van der Waals surface area contributed by atoms with E-state index in [9.17, 15) is 0 Å². The van der Waals surface area contributed by atoms with E-state index in [1.54, 1.807) is 22.5 Å². The first-order chi connectivity index (χ1) is 4.41. The minimum atomic E-state index is 0. The molecular formula is C8H18BrSn. The van der Waals surface area contributed by atoms with Gasteiger partial charge in [-0.2, -0.15) is 0 Å². The van der Waals surface area contributed by atoms with Gasteiger partial charge in [-0.25, -0.2) is 0 Å². The fourth-order valence-electron chi connectivity index (χ4n) is 0.905. The van der Waals surface area contributed by atoms with E-state index in [0.717, 1.165) is 0 Å². The summed E-state index contributed by atoms with van der Waals surface area (Å²) in [5.74, 6) is 0. The Hall–Kier alpha value is 1.28. The molecule has 0 aliphatic heterocycles. The summed E-state index contributed by atoms with van der Waals surface area (Å²) in [7, 11) is 0. The van der Waals surface area contributed by atoms with Gasteiger partial charge in [0, 0.05) is 0 Å². The summed E-state index contributed by atoms with van der Waals surface area (Å²) in [6, 6.07) is 0. The van der Waals surface area contributed by atoms with Crippen LogP contribution in [0.3, 0.4) is 0 Å². The molecule has 0 N–H and O–H groups in total. The molecule has 10 heavy (non-hydrogen) atoms. The fraction of sp³-hybridized carbons (Fsp3) is 1.00. The Labute approximate surface area is 89.0 Å². The standard InChI is InChI=1S/C8H17.BrH.Sn/c1-3-5-7-8-6-4-2;;/h1,3-8H2,2H3;1H;. The predicted molar refractivity (Wildman–Crippen MR) is 54.3 cm³/mol. The van der Waals surface area contributed by atoms with E-state index in [4.69, 9.17) is 0 Å². The van der Waals surface area contributed by atoms with Crippen LogP contribution in [0.15, 0.2) is 0 Å². The number of rotatable bonds is 6. The molecular weight excluding hydrogens is 295 g/mol. The first kappa shape index (κ1) is 13.8. The zero-order valence-corrected chi connectivity index (χ0v) is 11.4. The van der Waals surface area contributed by atoms with Crippen LogP contribution in [-0.2, 0) is 0 Å². The van der Waals surface area contributed by atoms with E-state index in [0.29, 0.717) is 0 Å². The molecule has 0 spiro atoms. The van der Waals surface area contributed by atoms with Gasteiger partial charge in [0.1, 0.15) is 0 Å². The van der Waals surface area contributed by atoms with Gasteiger partial charge >= 0.3 is 72.4 Å². The normalized spacial score (nSPS) is 9.00. The van der Waals surface area contributed by atoms with Gasteiger partial charge in [0.15, 0.2) is 0 Å². The molecule has 0 aromatic heterocycles. The number of hydrogen-bond donors (Lipinski definition) is 0. The van der Waals surface area contributed by atoms with Crippen LogP contribution in [0.5, 0.6) is 0 Å². The molecule has 0 unspecified atom stereocenters. The van der Waals surface area contributed by atoms with Crippen molar-refractivity contribution in [2.45, 2.75) is 49.9 Å². The second-order valence-corrected chi connectivity index (χ2v) is 3.94. The van der Waals surface area contributed by atoms with Crippen molar-refractivity contribution in [3.05, 3.63) is 0 Å². The average molecular weight is 313 g/mol. The van der Waals surface area contributed by atoms with Crippen molar-refractivity contribution in [1.82, 2.24) is 0 Å². The zero-order valence-electron chi connectivity index (χ0n) is 6.86. The van der Waals surface area contributed by atoms with Crippen LogP contribution in [0.2, 0.25) is 4.44 Å². The van der Waals surface area contributed by atoms with Gasteiger partial charge in [-0.05, 0) is 0 Å². The Balaban J connectivity index is 0. The minimum absolute atomic E-state index is 0. The number of halogens is 1. The summed E-state index contributed by atoms with van der Waals surface area (Å²) in [4.78, 5) is 0. The van der Waals surface area contributed by atoms with Crippen LogP contribution < -0.4 is 0 Å². The third kappa shape index (κ3) is 12.0. The molecule has 2 heteroatoms. The van der Waals surface area contributed by atoms with E-state index in [-0.39, 0.29) is 17.0 Å². The first-order valence-corrected chi connectivity index (χ1v) is 6.08. The van der Waals surface area contributed by atoms with E-state index < -0.39 is 0 Å². The second-order valence-electron chi connectivity index (χ2n) is 2.52. The molecule has 0 fully saturated rings. The van der Waals surface area contributed by atoms with E-state index >= 15 is 0 Å². The quantitative estimate of drug-likeness (QED) is 0.520. The van der Waals surface area contributed by atoms with Crippen molar-refractivity contribution in [2.24, 2.45) is 0 Å². The van der Waals surface area contributed by atoms with Crippen LogP contribution in [0.1, 0.15) is 45.4 Å². The Bertz CT molecular complexity index is 42.5. The van der Waals surface area contributed by atoms with Gasteiger partial charge in [0.2, 0.25) is 0 Å². The maximum atomic E-state index is 2.27. The molecule has 0 saturated carbocycles. The van der Waals surface area contributed by atoms with Crippen molar-refractivity contribution < 1.29 is 0 Å². The molecule has 0 aromatic rings. The average Bonchev–Trinajstić information content (AvgIpc) is 1.89. The van der Waals surface area contributed by atoms with E-state index in [1.807, 2.05) is 0 Å². The molecule has 0 aliphatic carbocycles. The molecule has 0 heterocycles. The molecule has 0 aliphatic rings. The first-order valence-electron chi connectivity index (χ1n) is 4.06. The van der Waals surface area contributed by atoms with Crippen LogP contribution >= 0.6 is 17.0 Å². The van der Waals surface area contributed by atoms with Gasteiger partial charge in [-0.15, -0.1) is 17.0 Å². The van der Waals surface area contributed by atoms with Crippen LogP contribution in [0.4, 0.5) is 0 Å². The summed E-state index contributed by atoms with van der Waals surface area (Å²) in [6.45, 7) is 2.27. The van der Waals surface area contributed by atoms with Crippen molar-refractivity contribution in [3.63, 3.8) is 0 Å². The van der Waals surface area contributed by atoms with Crippen molar-refractivity contribution in [2.75, 3.05) is 0 Å². The van der Waals surface area contributed by atoms with Crippen LogP contribution in [0, 0.1) is 0 Å². The third-order valence-corrected chi connectivity index (χ3v) is 2.54. The molecule has 0 aromatic carbocycles. The summed E-state index contributed by atoms with van der Waals surface area (Å²) >= 11 is 1.71. The Morgan fingerprint density at radius 3 is 1.90 bits per heavy atom.